The van der Waals surface area contributed by atoms with Crippen LogP contribution in [0.25, 0.3) is 0 Å². The molecular weight excluding hydrogens is 271 g/mol. The Morgan fingerprint density at radius 2 is 2.38 bits per heavy atom. The molecule has 1 aromatic carbocycles. The van der Waals surface area contributed by atoms with Crippen LogP contribution >= 0.6 is 0 Å². The monoisotopic (exact) mass is 290 g/mol. The maximum Gasteiger partial charge on any atom is 0.224 e. The third-order valence-corrected chi connectivity index (χ3v) is 3.30. The number of nitrogens with two attached hydrogens (primary N) is 1. The smallest absolute Gasteiger partial charge is 0.224 e. The first-order valence-electron chi connectivity index (χ1n) is 7.09. The summed E-state index contributed by atoms with van der Waals surface area (Å²) in [6.45, 7) is 0.996. The zero-order chi connectivity index (χ0) is 15.1. The lowest BCUT2D eigenvalue weighted by atomic mass is 10.1. The Bertz CT molecular complexity index is 557. The molecule has 1 saturated heterocycles. The second-order valence-corrected chi connectivity index (χ2v) is 4.92. The summed E-state index contributed by atoms with van der Waals surface area (Å²) in [5, 5.41) is 2.58. The first-order valence-corrected chi connectivity index (χ1v) is 7.09. The molecule has 0 saturated carbocycles. The van der Waals surface area contributed by atoms with E-state index in [2.05, 4.69) is 17.2 Å². The average Bonchev–Trinajstić information content (AvgIpc) is 2.99. The summed E-state index contributed by atoms with van der Waals surface area (Å²) < 4.78 is 19.3. The molecule has 5 heteroatoms. The highest BCUT2D eigenvalue weighted by Crippen LogP contribution is 2.19. The minimum atomic E-state index is -0.496. The van der Waals surface area contributed by atoms with E-state index in [-0.39, 0.29) is 24.2 Å². The quantitative estimate of drug-likeness (QED) is 0.834. The number of carbonyl (C=O) groups excluding carboxylic acids is 1. The molecule has 112 valence electrons. The highest BCUT2D eigenvalue weighted by molar-refractivity contribution is 5.90. The van der Waals surface area contributed by atoms with Crippen molar-refractivity contribution in [1.82, 2.24) is 0 Å². The maximum atomic E-state index is 13.8. The summed E-state index contributed by atoms with van der Waals surface area (Å²) in [6.07, 6.45) is 3.21. The van der Waals surface area contributed by atoms with Crippen LogP contribution < -0.4 is 11.1 Å². The van der Waals surface area contributed by atoms with Gasteiger partial charge < -0.3 is 15.8 Å². The fourth-order valence-corrected chi connectivity index (χ4v) is 2.22. The van der Waals surface area contributed by atoms with Crippen LogP contribution in [0.5, 0.6) is 0 Å². The van der Waals surface area contributed by atoms with Gasteiger partial charge in [0.2, 0.25) is 5.91 Å². The zero-order valence-corrected chi connectivity index (χ0v) is 11.8. The summed E-state index contributed by atoms with van der Waals surface area (Å²) in [5.41, 5.74) is 5.97. The normalized spacial score (nSPS) is 17.1. The summed E-state index contributed by atoms with van der Waals surface area (Å²) in [7, 11) is 0. The van der Waals surface area contributed by atoms with E-state index in [1.54, 1.807) is 6.07 Å². The van der Waals surface area contributed by atoms with E-state index in [1.807, 2.05) is 0 Å². The van der Waals surface area contributed by atoms with Crippen LogP contribution in [0.15, 0.2) is 18.2 Å². The summed E-state index contributed by atoms with van der Waals surface area (Å²) in [5.74, 6) is 4.70. The van der Waals surface area contributed by atoms with Crippen molar-refractivity contribution < 1.29 is 13.9 Å². The molecule has 0 spiro atoms. The topological polar surface area (TPSA) is 64.3 Å². The largest absolute Gasteiger partial charge is 0.378 e. The van der Waals surface area contributed by atoms with Gasteiger partial charge in [-0.05, 0) is 37.5 Å². The van der Waals surface area contributed by atoms with Gasteiger partial charge in [-0.25, -0.2) is 4.39 Å². The number of rotatable bonds is 4. The minimum Gasteiger partial charge on any atom is -0.378 e. The molecular formula is C16H19FN2O2. The number of anilines is 1. The molecule has 1 aromatic rings. The summed E-state index contributed by atoms with van der Waals surface area (Å²) in [4.78, 5) is 11.8. The van der Waals surface area contributed by atoms with E-state index in [0.29, 0.717) is 18.4 Å². The van der Waals surface area contributed by atoms with Crippen molar-refractivity contribution in [2.75, 3.05) is 18.5 Å². The number of hydrogen-bond acceptors (Lipinski definition) is 3. The van der Waals surface area contributed by atoms with Crippen molar-refractivity contribution in [2.24, 2.45) is 5.73 Å². The first kappa shape index (κ1) is 15.5. The lowest BCUT2D eigenvalue weighted by molar-refractivity contribution is -0.116. The fourth-order valence-electron chi connectivity index (χ4n) is 2.22. The fraction of sp³-hybridized carbons (Fsp3) is 0.438. The summed E-state index contributed by atoms with van der Waals surface area (Å²) in [6, 6.07) is 4.46. The molecule has 0 aromatic heterocycles. The van der Waals surface area contributed by atoms with Crippen molar-refractivity contribution in [3.63, 3.8) is 0 Å². The van der Waals surface area contributed by atoms with Gasteiger partial charge in [0.15, 0.2) is 0 Å². The van der Waals surface area contributed by atoms with Crippen LogP contribution in [0, 0.1) is 17.7 Å². The Labute approximate surface area is 123 Å². The van der Waals surface area contributed by atoms with Gasteiger partial charge in [-0.3, -0.25) is 4.79 Å². The number of amides is 1. The number of halogens is 1. The molecule has 2 rings (SSSR count). The zero-order valence-electron chi connectivity index (χ0n) is 11.8. The Morgan fingerprint density at radius 3 is 3.05 bits per heavy atom. The Balaban J connectivity index is 1.88. The van der Waals surface area contributed by atoms with E-state index in [4.69, 9.17) is 10.5 Å². The van der Waals surface area contributed by atoms with Gasteiger partial charge in [-0.15, -0.1) is 0 Å². The molecule has 1 unspecified atom stereocenters. The first-order chi connectivity index (χ1) is 10.2. The second kappa shape index (κ2) is 7.77. The average molecular weight is 290 g/mol. The highest BCUT2D eigenvalue weighted by Gasteiger charge is 2.17. The van der Waals surface area contributed by atoms with E-state index in [1.165, 1.54) is 12.1 Å². The van der Waals surface area contributed by atoms with Gasteiger partial charge >= 0.3 is 0 Å². The van der Waals surface area contributed by atoms with Gasteiger partial charge in [-0.2, -0.15) is 0 Å². The van der Waals surface area contributed by atoms with Crippen molar-refractivity contribution in [1.29, 1.82) is 0 Å². The molecule has 0 radical (unpaired) electrons. The van der Waals surface area contributed by atoms with Crippen LogP contribution in [0.1, 0.15) is 31.2 Å². The van der Waals surface area contributed by atoms with Gasteiger partial charge in [0.1, 0.15) is 5.82 Å². The Morgan fingerprint density at radius 1 is 1.52 bits per heavy atom. The molecule has 1 atom stereocenters. The van der Waals surface area contributed by atoms with Crippen molar-refractivity contribution >= 4 is 11.6 Å². The molecule has 3 N–H and O–H groups in total. The highest BCUT2D eigenvalue weighted by atomic mass is 19.1. The summed E-state index contributed by atoms with van der Waals surface area (Å²) >= 11 is 0. The van der Waals surface area contributed by atoms with E-state index in [9.17, 15) is 9.18 Å². The van der Waals surface area contributed by atoms with Gasteiger partial charge in [0.25, 0.3) is 0 Å². The van der Waals surface area contributed by atoms with Gasteiger partial charge in [0.05, 0.1) is 18.3 Å². The SMILES string of the molecule is NCC#Cc1ccc(NC(=O)CCC2CCCO2)c(F)c1. The van der Waals surface area contributed by atoms with Crippen molar-refractivity contribution in [3.05, 3.63) is 29.6 Å². The second-order valence-electron chi connectivity index (χ2n) is 4.92. The molecule has 1 fully saturated rings. The van der Waals surface area contributed by atoms with E-state index < -0.39 is 5.82 Å². The Hall–Kier alpha value is -1.90. The lowest BCUT2D eigenvalue weighted by Crippen LogP contribution is -2.16. The van der Waals surface area contributed by atoms with Gasteiger partial charge in [0, 0.05) is 18.6 Å². The molecule has 1 aliphatic rings. The van der Waals surface area contributed by atoms with Crippen LogP contribution in [-0.2, 0) is 9.53 Å². The standard InChI is InChI=1S/C16H19FN2O2/c17-14-11-12(3-1-9-18)5-7-15(14)19-16(20)8-6-13-4-2-10-21-13/h5,7,11,13H,2,4,6,8-10,18H2,(H,19,20). The van der Waals surface area contributed by atoms with Crippen molar-refractivity contribution in [3.8, 4) is 11.8 Å². The number of benzene rings is 1. The molecule has 4 nitrogen and oxygen atoms in total. The molecule has 0 bridgehead atoms. The van der Waals surface area contributed by atoms with Crippen LogP contribution in [0.2, 0.25) is 0 Å². The minimum absolute atomic E-state index is 0.162. The number of ether oxygens (including phenoxy) is 1. The third kappa shape index (κ3) is 4.85. The van der Waals surface area contributed by atoms with Crippen molar-refractivity contribution in [2.45, 2.75) is 31.8 Å². The van der Waals surface area contributed by atoms with E-state index in [0.717, 1.165) is 19.4 Å². The Kier molecular flexibility index (Phi) is 5.73. The predicted octanol–water partition coefficient (Wildman–Crippen LogP) is 2.03. The predicted molar refractivity (Wildman–Crippen MR) is 79.2 cm³/mol. The van der Waals surface area contributed by atoms with E-state index >= 15 is 0 Å². The van der Waals surface area contributed by atoms with Crippen LogP contribution in [0.4, 0.5) is 10.1 Å². The molecule has 1 aliphatic heterocycles. The van der Waals surface area contributed by atoms with Gasteiger partial charge in [-0.1, -0.05) is 11.8 Å². The number of hydrogen-bond donors (Lipinski definition) is 2. The third-order valence-electron chi connectivity index (χ3n) is 3.30. The molecule has 0 aliphatic carbocycles. The number of nitrogens with one attached hydrogen (secondary N) is 1. The molecule has 1 heterocycles. The number of carbonyl (C=O) groups is 1. The lowest BCUT2D eigenvalue weighted by Gasteiger charge is -2.10. The molecule has 1 amide bonds. The molecule has 21 heavy (non-hydrogen) atoms. The van der Waals surface area contributed by atoms with Crippen LogP contribution in [0.3, 0.4) is 0 Å². The van der Waals surface area contributed by atoms with Crippen LogP contribution in [-0.4, -0.2) is 25.2 Å². The maximum absolute atomic E-state index is 13.8.